The Bertz CT molecular complexity index is 2280. The minimum Gasteiger partial charge on any atom is -0.553 e. The van der Waals surface area contributed by atoms with Gasteiger partial charge in [-0.25, -0.2) is 15.0 Å². The normalized spacial score (nSPS) is 15.1. The van der Waals surface area contributed by atoms with Crippen molar-refractivity contribution in [3.8, 4) is 34.2 Å². The molecule has 1 aromatic heterocycles. The fourth-order valence-corrected chi connectivity index (χ4v) is 6.68. The molecule has 49 heavy (non-hydrogen) atoms. The molecule has 7 aromatic rings. The van der Waals surface area contributed by atoms with Crippen LogP contribution in [0.15, 0.2) is 170 Å². The van der Waals surface area contributed by atoms with E-state index in [9.17, 15) is 0 Å². The van der Waals surface area contributed by atoms with E-state index in [-0.39, 0.29) is 6.04 Å². The van der Waals surface area contributed by atoms with E-state index in [1.54, 1.807) is 0 Å². The fourth-order valence-electron chi connectivity index (χ4n) is 6.68. The summed E-state index contributed by atoms with van der Waals surface area (Å²) in [6.45, 7) is 0. The molecule has 6 aromatic carbocycles. The average molecular weight is 629 g/mol. The maximum atomic E-state index is 5.42. The van der Waals surface area contributed by atoms with Crippen LogP contribution in [-0.2, 0) is 0 Å². The van der Waals surface area contributed by atoms with E-state index in [0.29, 0.717) is 17.5 Å². The number of nitrogens with zero attached hydrogens (tertiary/aromatic N) is 5. The fraction of sp³-hybridized carbons (Fsp3) is 0.0227. The zero-order valence-electron chi connectivity index (χ0n) is 26.6. The maximum Gasteiger partial charge on any atom is 0.164 e. The summed E-state index contributed by atoms with van der Waals surface area (Å²) in [5, 5.41) is 2.16. The van der Waals surface area contributed by atoms with Crippen molar-refractivity contribution in [1.82, 2.24) is 20.0 Å². The van der Waals surface area contributed by atoms with Gasteiger partial charge in [0.1, 0.15) is 0 Å². The molecule has 9 rings (SSSR count). The van der Waals surface area contributed by atoms with Crippen molar-refractivity contribution >= 4 is 23.0 Å². The van der Waals surface area contributed by atoms with Crippen LogP contribution >= 0.6 is 0 Å². The van der Waals surface area contributed by atoms with Gasteiger partial charge in [0.05, 0.1) is 0 Å². The summed E-state index contributed by atoms with van der Waals surface area (Å²) >= 11 is 0. The number of benzene rings is 6. The summed E-state index contributed by atoms with van der Waals surface area (Å²) in [6, 6.07) is 58.3. The summed E-state index contributed by atoms with van der Waals surface area (Å²) in [5.74, 6) is 1.92. The molecule has 0 amide bonds. The lowest BCUT2D eigenvalue weighted by atomic mass is 9.88. The van der Waals surface area contributed by atoms with E-state index in [0.717, 1.165) is 50.3 Å². The molecule has 0 spiro atoms. The Morgan fingerprint density at radius 2 is 0.878 bits per heavy atom. The Morgan fingerprint density at radius 1 is 0.429 bits per heavy atom. The van der Waals surface area contributed by atoms with Crippen LogP contribution in [0.1, 0.15) is 33.9 Å². The van der Waals surface area contributed by atoms with Gasteiger partial charge in [-0.1, -0.05) is 181 Å². The van der Waals surface area contributed by atoms with Crippen molar-refractivity contribution in [2.45, 2.75) is 6.04 Å². The molecular formula is C44H30N5-. The highest BCUT2D eigenvalue weighted by Crippen LogP contribution is 2.56. The third-order valence-electron chi connectivity index (χ3n) is 9.05. The molecule has 0 fully saturated rings. The molecule has 2 aliphatic rings. The highest BCUT2D eigenvalue weighted by atomic mass is 15.6. The quantitative estimate of drug-likeness (QED) is 0.184. The Morgan fingerprint density at radius 3 is 1.45 bits per heavy atom. The number of hydrogen-bond acceptors (Lipinski definition) is 4. The third kappa shape index (κ3) is 5.32. The molecule has 2 aliphatic heterocycles. The molecule has 1 atom stereocenters. The lowest BCUT2D eigenvalue weighted by molar-refractivity contribution is 0.681. The summed E-state index contributed by atoms with van der Waals surface area (Å²) in [5.41, 5.74) is 17.3. The molecule has 1 unspecified atom stereocenters. The monoisotopic (exact) mass is 628 g/mol. The van der Waals surface area contributed by atoms with Crippen LogP contribution < -0.4 is 0 Å². The molecule has 5 nitrogen and oxygen atoms in total. The van der Waals surface area contributed by atoms with E-state index in [1.807, 2.05) is 60.7 Å². The van der Waals surface area contributed by atoms with Crippen molar-refractivity contribution in [3.63, 3.8) is 0 Å². The van der Waals surface area contributed by atoms with Gasteiger partial charge < -0.3 is 10.4 Å². The van der Waals surface area contributed by atoms with Crippen LogP contribution in [0.4, 0.5) is 0 Å². The van der Waals surface area contributed by atoms with Crippen LogP contribution in [0, 0.1) is 0 Å². The van der Waals surface area contributed by atoms with E-state index in [2.05, 4.69) is 120 Å². The van der Waals surface area contributed by atoms with Crippen LogP contribution in [0.3, 0.4) is 0 Å². The van der Waals surface area contributed by atoms with Crippen LogP contribution in [0.2, 0.25) is 0 Å². The Hall–Kier alpha value is -6.43. The predicted molar refractivity (Wildman–Crippen MR) is 198 cm³/mol. The topological polar surface area (TPSA) is 56.0 Å². The largest absolute Gasteiger partial charge is 0.553 e. The summed E-state index contributed by atoms with van der Waals surface area (Å²) in [7, 11) is 0. The van der Waals surface area contributed by atoms with Gasteiger partial charge in [0.25, 0.3) is 0 Å². The molecular weight excluding hydrogens is 599 g/mol. The van der Waals surface area contributed by atoms with Gasteiger partial charge in [-0.15, -0.1) is 0 Å². The Kier molecular flexibility index (Phi) is 7.22. The number of aromatic nitrogens is 3. The number of fused-ring (bicyclic) bond motifs is 3. The second kappa shape index (κ2) is 12.3. The van der Waals surface area contributed by atoms with Gasteiger partial charge in [0.15, 0.2) is 17.5 Å². The second-order valence-electron chi connectivity index (χ2n) is 12.1. The van der Waals surface area contributed by atoms with Gasteiger partial charge in [-0.05, 0) is 28.3 Å². The summed E-state index contributed by atoms with van der Waals surface area (Å²) in [6.07, 6.45) is 2.25. The second-order valence-corrected chi connectivity index (χ2v) is 12.1. The number of rotatable bonds is 6. The molecule has 0 saturated carbocycles. The van der Waals surface area contributed by atoms with Gasteiger partial charge >= 0.3 is 0 Å². The van der Waals surface area contributed by atoms with Gasteiger partial charge in [-0.2, -0.15) is 0 Å². The SMILES string of the molecule is C1=C(c2ccccc2)N2[N-]C(c3ccccc3)C(c3ccc(-c4nc(-c5ccccc5)nc(-c5ccccc5)n4)cc3)=C2c2ccccc21. The first-order valence-electron chi connectivity index (χ1n) is 16.4. The minimum atomic E-state index is -0.188. The lowest BCUT2D eigenvalue weighted by Crippen LogP contribution is -2.17. The highest BCUT2D eigenvalue weighted by molar-refractivity contribution is 6.06. The number of hydrogen-bond donors (Lipinski definition) is 0. The zero-order chi connectivity index (χ0) is 32.6. The van der Waals surface area contributed by atoms with Crippen molar-refractivity contribution < 1.29 is 0 Å². The van der Waals surface area contributed by atoms with Crippen LogP contribution in [0.25, 0.3) is 62.6 Å². The molecule has 232 valence electrons. The predicted octanol–water partition coefficient (Wildman–Crippen LogP) is 10.6. The molecule has 0 saturated heterocycles. The average Bonchev–Trinajstić information content (AvgIpc) is 3.60. The molecule has 0 bridgehead atoms. The van der Waals surface area contributed by atoms with Crippen LogP contribution in [-0.4, -0.2) is 20.0 Å². The molecule has 0 radical (unpaired) electrons. The molecule has 0 aliphatic carbocycles. The zero-order valence-corrected chi connectivity index (χ0v) is 26.6. The summed E-state index contributed by atoms with van der Waals surface area (Å²) < 4.78 is 0. The van der Waals surface area contributed by atoms with Gasteiger partial charge in [0.2, 0.25) is 0 Å². The highest BCUT2D eigenvalue weighted by Gasteiger charge is 2.31. The van der Waals surface area contributed by atoms with E-state index >= 15 is 0 Å². The standard InChI is InChI=1S/C44H30N5/c1-5-15-30(16-6-1)38-29-36-23-13-14-24-37(36)41-39(40(48-49(38)41)32-17-7-2-8-18-32)31-25-27-35(28-26-31)44-46-42(33-19-9-3-10-20-33)45-43(47-44)34-21-11-4-12-22-34/h1-29,40H/q-1. The first-order chi connectivity index (χ1) is 24.3. The molecule has 0 N–H and O–H groups in total. The van der Waals surface area contributed by atoms with Gasteiger partial charge in [0, 0.05) is 33.6 Å². The van der Waals surface area contributed by atoms with E-state index < -0.39 is 0 Å². The van der Waals surface area contributed by atoms with E-state index in [4.69, 9.17) is 20.4 Å². The Balaban J connectivity index is 1.20. The van der Waals surface area contributed by atoms with Crippen molar-refractivity contribution in [3.05, 3.63) is 203 Å². The van der Waals surface area contributed by atoms with E-state index in [1.165, 1.54) is 11.1 Å². The first kappa shape index (κ1) is 28.8. The molecule has 5 heteroatoms. The molecule has 3 heterocycles. The van der Waals surface area contributed by atoms with Crippen molar-refractivity contribution in [2.75, 3.05) is 0 Å². The maximum absolute atomic E-state index is 5.42. The summed E-state index contributed by atoms with van der Waals surface area (Å²) in [4.78, 5) is 14.8. The first-order valence-corrected chi connectivity index (χ1v) is 16.4. The van der Waals surface area contributed by atoms with Crippen LogP contribution in [0.5, 0.6) is 0 Å². The van der Waals surface area contributed by atoms with Crippen molar-refractivity contribution in [1.29, 1.82) is 0 Å². The minimum absolute atomic E-state index is 0.188. The lowest BCUT2D eigenvalue weighted by Gasteiger charge is -2.42. The van der Waals surface area contributed by atoms with Gasteiger partial charge in [-0.3, -0.25) is 0 Å². The smallest absolute Gasteiger partial charge is 0.164 e. The third-order valence-corrected chi connectivity index (χ3v) is 9.05. The van der Waals surface area contributed by atoms with Crippen molar-refractivity contribution in [2.24, 2.45) is 0 Å². The Labute approximate surface area is 285 Å².